The topological polar surface area (TPSA) is 26.0 Å². The van der Waals surface area contributed by atoms with E-state index in [2.05, 4.69) is 33.5 Å². The summed E-state index contributed by atoms with van der Waals surface area (Å²) in [5.41, 5.74) is 8.41. The van der Waals surface area contributed by atoms with Gasteiger partial charge in [0.25, 0.3) is 0 Å². The zero-order valence-corrected chi connectivity index (χ0v) is 10.3. The minimum atomic E-state index is -0.410. The third kappa shape index (κ3) is 2.02. The Kier molecular flexibility index (Phi) is 3.38. The molecule has 2 N–H and O–H groups in total. The fraction of sp³-hybridized carbons (Fsp3) is 0.143. The first kappa shape index (κ1) is 11.3. The Morgan fingerprint density at radius 1 is 0.812 bits per heavy atom. The SMILES string of the molecule is NC(CP)(c1ccccc1)c1ccccc1. The van der Waals surface area contributed by atoms with Gasteiger partial charge < -0.3 is 5.73 Å². The van der Waals surface area contributed by atoms with Gasteiger partial charge in [-0.1, -0.05) is 60.7 Å². The molecule has 0 spiro atoms. The quantitative estimate of drug-likeness (QED) is 0.805. The number of rotatable bonds is 3. The number of benzene rings is 2. The molecule has 0 amide bonds. The Balaban J connectivity index is 2.49. The number of hydrogen-bond donors (Lipinski definition) is 1. The van der Waals surface area contributed by atoms with Crippen LogP contribution in [0, 0.1) is 0 Å². The van der Waals surface area contributed by atoms with Gasteiger partial charge in [-0.3, -0.25) is 0 Å². The second-order valence-corrected chi connectivity index (χ2v) is 4.32. The van der Waals surface area contributed by atoms with E-state index in [4.69, 9.17) is 5.73 Å². The molecule has 0 aliphatic carbocycles. The lowest BCUT2D eigenvalue weighted by Crippen LogP contribution is -2.39. The first-order valence-electron chi connectivity index (χ1n) is 5.37. The minimum absolute atomic E-state index is 0.410. The fourth-order valence-electron chi connectivity index (χ4n) is 1.87. The smallest absolute Gasteiger partial charge is 0.0700 e. The van der Waals surface area contributed by atoms with Gasteiger partial charge in [0.2, 0.25) is 0 Å². The van der Waals surface area contributed by atoms with Crippen LogP contribution in [0.2, 0.25) is 0 Å². The molecule has 2 rings (SSSR count). The monoisotopic (exact) mass is 229 g/mol. The van der Waals surface area contributed by atoms with Gasteiger partial charge in [-0.15, -0.1) is 9.24 Å². The Bertz CT molecular complexity index is 399. The molecule has 0 saturated heterocycles. The van der Waals surface area contributed by atoms with Gasteiger partial charge in [0.15, 0.2) is 0 Å². The Morgan fingerprint density at radius 3 is 1.50 bits per heavy atom. The molecule has 2 aromatic carbocycles. The summed E-state index contributed by atoms with van der Waals surface area (Å²) in [7, 11) is 2.75. The van der Waals surface area contributed by atoms with Crippen molar-refractivity contribution >= 4 is 9.24 Å². The van der Waals surface area contributed by atoms with Gasteiger partial charge in [-0.05, 0) is 17.3 Å². The summed E-state index contributed by atoms with van der Waals surface area (Å²) < 4.78 is 0. The van der Waals surface area contributed by atoms with Crippen LogP contribution in [-0.2, 0) is 5.54 Å². The van der Waals surface area contributed by atoms with E-state index in [1.54, 1.807) is 0 Å². The van der Waals surface area contributed by atoms with Crippen molar-refractivity contribution in [2.45, 2.75) is 5.54 Å². The summed E-state index contributed by atoms with van der Waals surface area (Å²) >= 11 is 0. The lowest BCUT2D eigenvalue weighted by Gasteiger charge is -2.29. The Hall–Kier alpha value is -1.17. The van der Waals surface area contributed by atoms with Crippen molar-refractivity contribution < 1.29 is 0 Å². The fourth-order valence-corrected chi connectivity index (χ4v) is 2.34. The molecule has 82 valence electrons. The van der Waals surface area contributed by atoms with Gasteiger partial charge in [0.1, 0.15) is 0 Å². The van der Waals surface area contributed by atoms with Crippen LogP contribution in [0.3, 0.4) is 0 Å². The summed E-state index contributed by atoms with van der Waals surface area (Å²) in [5, 5.41) is 0. The zero-order valence-electron chi connectivity index (χ0n) is 9.14. The van der Waals surface area contributed by atoms with Crippen LogP contribution in [-0.4, -0.2) is 6.16 Å². The maximum atomic E-state index is 6.52. The maximum Gasteiger partial charge on any atom is 0.0700 e. The van der Waals surface area contributed by atoms with E-state index in [1.165, 1.54) is 0 Å². The average Bonchev–Trinajstić information content (AvgIpc) is 2.40. The van der Waals surface area contributed by atoms with E-state index in [0.717, 1.165) is 17.3 Å². The lowest BCUT2D eigenvalue weighted by molar-refractivity contribution is 0.615. The first-order chi connectivity index (χ1) is 7.77. The molecular formula is C14H16NP. The van der Waals surface area contributed by atoms with Gasteiger partial charge in [0.05, 0.1) is 5.54 Å². The largest absolute Gasteiger partial charge is 0.317 e. The highest BCUT2D eigenvalue weighted by atomic mass is 31.0. The number of nitrogens with two attached hydrogens (primary N) is 1. The van der Waals surface area contributed by atoms with Gasteiger partial charge in [0, 0.05) is 0 Å². The van der Waals surface area contributed by atoms with Crippen molar-refractivity contribution in [3.05, 3.63) is 71.8 Å². The molecule has 0 fully saturated rings. The maximum absolute atomic E-state index is 6.52. The first-order valence-corrected chi connectivity index (χ1v) is 6.19. The normalized spacial score (nSPS) is 11.4. The molecule has 0 aliphatic heterocycles. The number of hydrogen-bond acceptors (Lipinski definition) is 1. The van der Waals surface area contributed by atoms with Crippen LogP contribution in [0.25, 0.3) is 0 Å². The third-order valence-electron chi connectivity index (χ3n) is 2.90. The Labute approximate surface area is 98.9 Å². The highest BCUT2D eigenvalue weighted by Crippen LogP contribution is 2.28. The predicted octanol–water partition coefficient (Wildman–Crippen LogP) is 2.76. The highest BCUT2D eigenvalue weighted by Gasteiger charge is 2.26. The van der Waals surface area contributed by atoms with Crippen LogP contribution in [0.1, 0.15) is 11.1 Å². The molecule has 0 bridgehead atoms. The molecule has 1 unspecified atom stereocenters. The average molecular weight is 229 g/mol. The van der Waals surface area contributed by atoms with E-state index in [1.807, 2.05) is 36.4 Å². The summed E-state index contributed by atoms with van der Waals surface area (Å²) in [6.07, 6.45) is 0.807. The van der Waals surface area contributed by atoms with Crippen molar-refractivity contribution in [3.63, 3.8) is 0 Å². The van der Waals surface area contributed by atoms with E-state index < -0.39 is 5.54 Å². The summed E-state index contributed by atoms with van der Waals surface area (Å²) in [6.45, 7) is 0. The molecule has 1 atom stereocenters. The van der Waals surface area contributed by atoms with Gasteiger partial charge >= 0.3 is 0 Å². The molecule has 0 aromatic heterocycles. The van der Waals surface area contributed by atoms with Crippen LogP contribution >= 0.6 is 9.24 Å². The van der Waals surface area contributed by atoms with Crippen molar-refractivity contribution in [1.82, 2.24) is 0 Å². The molecular weight excluding hydrogens is 213 g/mol. The molecule has 0 heterocycles. The summed E-state index contributed by atoms with van der Waals surface area (Å²) in [6, 6.07) is 20.5. The van der Waals surface area contributed by atoms with E-state index in [-0.39, 0.29) is 0 Å². The Morgan fingerprint density at radius 2 is 1.19 bits per heavy atom. The highest BCUT2D eigenvalue weighted by molar-refractivity contribution is 7.16. The molecule has 2 heteroatoms. The second kappa shape index (κ2) is 4.78. The third-order valence-corrected chi connectivity index (χ3v) is 3.54. The van der Waals surface area contributed by atoms with Crippen molar-refractivity contribution in [2.24, 2.45) is 5.73 Å². The van der Waals surface area contributed by atoms with Gasteiger partial charge in [-0.25, -0.2) is 0 Å². The minimum Gasteiger partial charge on any atom is -0.317 e. The molecule has 0 saturated carbocycles. The van der Waals surface area contributed by atoms with E-state index in [0.29, 0.717) is 0 Å². The molecule has 1 nitrogen and oxygen atoms in total. The van der Waals surface area contributed by atoms with Crippen LogP contribution < -0.4 is 5.73 Å². The molecule has 0 radical (unpaired) electrons. The molecule has 2 aromatic rings. The van der Waals surface area contributed by atoms with E-state index >= 15 is 0 Å². The van der Waals surface area contributed by atoms with E-state index in [9.17, 15) is 0 Å². The lowest BCUT2D eigenvalue weighted by atomic mass is 9.85. The zero-order chi connectivity index (χ0) is 11.4. The summed E-state index contributed by atoms with van der Waals surface area (Å²) in [5.74, 6) is 0. The van der Waals surface area contributed by atoms with Gasteiger partial charge in [-0.2, -0.15) is 0 Å². The predicted molar refractivity (Wildman–Crippen MR) is 72.4 cm³/mol. The van der Waals surface area contributed by atoms with Crippen molar-refractivity contribution in [2.75, 3.05) is 6.16 Å². The van der Waals surface area contributed by atoms with Crippen molar-refractivity contribution in [3.8, 4) is 0 Å². The van der Waals surface area contributed by atoms with Crippen LogP contribution in [0.5, 0.6) is 0 Å². The van der Waals surface area contributed by atoms with Crippen molar-refractivity contribution in [1.29, 1.82) is 0 Å². The molecule has 0 aliphatic rings. The van der Waals surface area contributed by atoms with Crippen LogP contribution in [0.4, 0.5) is 0 Å². The summed E-state index contributed by atoms with van der Waals surface area (Å²) in [4.78, 5) is 0. The molecule has 16 heavy (non-hydrogen) atoms. The second-order valence-electron chi connectivity index (χ2n) is 3.91. The standard InChI is InChI=1S/C14H16NP/c15-14(11-16,12-7-3-1-4-8-12)13-9-5-2-6-10-13/h1-10H,11,15-16H2. The van der Waals surface area contributed by atoms with Crippen LogP contribution in [0.15, 0.2) is 60.7 Å².